The average Bonchev–Trinajstić information content (AvgIpc) is 2.84. The molecule has 1 aliphatic rings. The number of carbonyl (C=O) groups excluding carboxylic acids is 1. The summed E-state index contributed by atoms with van der Waals surface area (Å²) in [4.78, 5) is 13.6. The van der Waals surface area contributed by atoms with Crippen LogP contribution in [0.4, 0.5) is 13.2 Å². The van der Waals surface area contributed by atoms with E-state index in [0.29, 0.717) is 12.8 Å². The van der Waals surface area contributed by atoms with Crippen LogP contribution in [0.3, 0.4) is 0 Å². The molecule has 5 nitrogen and oxygen atoms in total. The number of ether oxygens (including phenoxy) is 1. The van der Waals surface area contributed by atoms with Crippen LogP contribution in [0.5, 0.6) is 0 Å². The highest BCUT2D eigenvalue weighted by Crippen LogP contribution is 2.32. The summed E-state index contributed by atoms with van der Waals surface area (Å²) in [6.45, 7) is 5.69. The largest absolute Gasteiger partial charge is 0.414 e. The van der Waals surface area contributed by atoms with Gasteiger partial charge in [-0.25, -0.2) is 0 Å². The van der Waals surface area contributed by atoms with Crippen LogP contribution >= 0.6 is 0 Å². The van der Waals surface area contributed by atoms with Gasteiger partial charge in [0.2, 0.25) is 5.91 Å². The fraction of sp³-hybridized carbons (Fsp3) is 0.625. The van der Waals surface area contributed by atoms with Crippen molar-refractivity contribution in [3.8, 4) is 0 Å². The molecule has 0 aliphatic carbocycles. The maximum Gasteiger partial charge on any atom is 0.414 e. The van der Waals surface area contributed by atoms with E-state index in [1.165, 1.54) is 4.90 Å². The van der Waals surface area contributed by atoms with Gasteiger partial charge in [-0.2, -0.15) is 18.3 Å². The van der Waals surface area contributed by atoms with E-state index in [1.807, 2.05) is 6.92 Å². The fourth-order valence-corrected chi connectivity index (χ4v) is 2.86. The van der Waals surface area contributed by atoms with Crippen molar-refractivity contribution in [3.63, 3.8) is 0 Å². The minimum atomic E-state index is -4.37. The Hall–Kier alpha value is -1.83. The molecule has 8 heteroatoms. The Bertz CT molecular complexity index is 578. The number of aryl methyl sites for hydroxylation is 2. The molecule has 1 aliphatic heterocycles. The van der Waals surface area contributed by atoms with Gasteiger partial charge < -0.3 is 9.64 Å². The highest BCUT2D eigenvalue weighted by molar-refractivity contribution is 5.87. The SMILES string of the molecule is C=CC(=O)N(Cc1c(C)cnn1C)CC1CCCC(C(F)(F)F)O1. The molecule has 0 N–H and O–H groups in total. The number of alkyl halides is 3. The highest BCUT2D eigenvalue weighted by Gasteiger charge is 2.43. The first kappa shape index (κ1) is 18.5. The highest BCUT2D eigenvalue weighted by atomic mass is 19.4. The van der Waals surface area contributed by atoms with Gasteiger partial charge in [0, 0.05) is 13.6 Å². The van der Waals surface area contributed by atoms with E-state index in [1.54, 1.807) is 17.9 Å². The zero-order valence-electron chi connectivity index (χ0n) is 13.8. The van der Waals surface area contributed by atoms with Gasteiger partial charge in [0.1, 0.15) is 0 Å². The van der Waals surface area contributed by atoms with E-state index in [2.05, 4.69) is 11.7 Å². The molecule has 0 spiro atoms. The Kier molecular flexibility index (Phi) is 5.69. The lowest BCUT2D eigenvalue weighted by molar-refractivity contribution is -0.246. The molecule has 0 radical (unpaired) electrons. The molecule has 1 amide bonds. The Balaban J connectivity index is 2.09. The van der Waals surface area contributed by atoms with Gasteiger partial charge >= 0.3 is 6.18 Å². The standard InChI is InChI=1S/C16H22F3N3O2/c1-4-15(23)22(10-13-11(2)8-20-21(13)3)9-12-6-5-7-14(24-12)16(17,18)19/h4,8,12,14H,1,5-7,9-10H2,2-3H3. The first-order chi connectivity index (χ1) is 11.2. The summed E-state index contributed by atoms with van der Waals surface area (Å²) < 4.78 is 45.4. The van der Waals surface area contributed by atoms with Crippen LogP contribution in [0.2, 0.25) is 0 Å². The number of hydrogen-bond acceptors (Lipinski definition) is 3. The molecule has 134 valence electrons. The van der Waals surface area contributed by atoms with Gasteiger partial charge in [0.25, 0.3) is 0 Å². The molecule has 0 bridgehead atoms. The van der Waals surface area contributed by atoms with Gasteiger partial charge in [-0.05, 0) is 37.8 Å². The molecule has 0 aromatic carbocycles. The van der Waals surface area contributed by atoms with Crippen LogP contribution < -0.4 is 0 Å². The van der Waals surface area contributed by atoms with Gasteiger partial charge in [-0.15, -0.1) is 0 Å². The number of nitrogens with zero attached hydrogens (tertiary/aromatic N) is 3. The lowest BCUT2D eigenvalue weighted by atomic mass is 10.0. The van der Waals surface area contributed by atoms with Crippen molar-refractivity contribution in [1.82, 2.24) is 14.7 Å². The lowest BCUT2D eigenvalue weighted by Crippen LogP contribution is -2.44. The monoisotopic (exact) mass is 345 g/mol. The third-order valence-corrected chi connectivity index (χ3v) is 4.24. The van der Waals surface area contributed by atoms with Crippen molar-refractivity contribution in [1.29, 1.82) is 0 Å². The van der Waals surface area contributed by atoms with E-state index >= 15 is 0 Å². The maximum atomic E-state index is 12.9. The summed E-state index contributed by atoms with van der Waals surface area (Å²) in [6, 6.07) is 0. The second-order valence-corrected chi connectivity index (χ2v) is 6.04. The smallest absolute Gasteiger partial charge is 0.364 e. The number of hydrogen-bond donors (Lipinski definition) is 0. The Labute approximate surface area is 139 Å². The molecular weight excluding hydrogens is 323 g/mol. The summed E-state index contributed by atoms with van der Waals surface area (Å²) >= 11 is 0. The molecular formula is C16H22F3N3O2. The topological polar surface area (TPSA) is 47.4 Å². The lowest BCUT2D eigenvalue weighted by Gasteiger charge is -2.34. The normalized spacial score (nSPS) is 21.5. The molecule has 2 heterocycles. The van der Waals surface area contributed by atoms with Crippen LogP contribution in [-0.4, -0.2) is 45.5 Å². The quantitative estimate of drug-likeness (QED) is 0.771. The molecule has 1 aromatic heterocycles. The first-order valence-electron chi connectivity index (χ1n) is 7.83. The van der Waals surface area contributed by atoms with Crippen molar-refractivity contribution in [2.45, 2.75) is 51.1 Å². The van der Waals surface area contributed by atoms with Crippen LogP contribution in [0.15, 0.2) is 18.9 Å². The van der Waals surface area contributed by atoms with Gasteiger partial charge in [-0.1, -0.05) is 6.58 Å². The Morgan fingerprint density at radius 3 is 2.79 bits per heavy atom. The van der Waals surface area contributed by atoms with Gasteiger partial charge in [-0.3, -0.25) is 9.48 Å². The van der Waals surface area contributed by atoms with Crippen molar-refractivity contribution < 1.29 is 22.7 Å². The predicted molar refractivity (Wildman–Crippen MR) is 82.1 cm³/mol. The number of halogens is 3. The zero-order valence-corrected chi connectivity index (χ0v) is 13.8. The van der Waals surface area contributed by atoms with Crippen molar-refractivity contribution >= 4 is 5.91 Å². The molecule has 2 atom stereocenters. The molecule has 2 rings (SSSR count). The summed E-state index contributed by atoms with van der Waals surface area (Å²) in [5.74, 6) is -0.340. The Morgan fingerprint density at radius 2 is 2.25 bits per heavy atom. The molecule has 0 saturated carbocycles. The summed E-state index contributed by atoms with van der Waals surface area (Å²) in [6.07, 6.45) is -3.02. The van der Waals surface area contributed by atoms with E-state index in [-0.39, 0.29) is 25.4 Å². The predicted octanol–water partition coefficient (Wildman–Crippen LogP) is 2.74. The van der Waals surface area contributed by atoms with Gasteiger partial charge in [0.15, 0.2) is 6.10 Å². The second kappa shape index (κ2) is 7.38. The average molecular weight is 345 g/mol. The minimum Gasteiger partial charge on any atom is -0.364 e. The van der Waals surface area contributed by atoms with Crippen molar-refractivity contribution in [2.75, 3.05) is 6.54 Å². The van der Waals surface area contributed by atoms with E-state index in [4.69, 9.17) is 4.74 Å². The number of aromatic nitrogens is 2. The number of carbonyl (C=O) groups is 1. The van der Waals surface area contributed by atoms with Crippen molar-refractivity contribution in [2.24, 2.45) is 7.05 Å². The zero-order chi connectivity index (χ0) is 17.9. The van der Waals surface area contributed by atoms with Crippen LogP contribution in [-0.2, 0) is 23.1 Å². The Morgan fingerprint density at radius 1 is 1.54 bits per heavy atom. The van der Waals surface area contributed by atoms with Crippen LogP contribution in [0.1, 0.15) is 30.5 Å². The van der Waals surface area contributed by atoms with Crippen LogP contribution in [0.25, 0.3) is 0 Å². The molecule has 2 unspecified atom stereocenters. The molecule has 1 aromatic rings. The fourth-order valence-electron chi connectivity index (χ4n) is 2.86. The molecule has 24 heavy (non-hydrogen) atoms. The maximum absolute atomic E-state index is 12.9. The van der Waals surface area contributed by atoms with E-state index < -0.39 is 18.4 Å². The minimum absolute atomic E-state index is 0.0315. The van der Waals surface area contributed by atoms with Gasteiger partial charge in [0.05, 0.1) is 24.5 Å². The van der Waals surface area contributed by atoms with E-state index in [0.717, 1.165) is 17.3 Å². The summed E-state index contributed by atoms with van der Waals surface area (Å²) in [5, 5.41) is 4.12. The molecule has 1 saturated heterocycles. The summed E-state index contributed by atoms with van der Waals surface area (Å²) in [5.41, 5.74) is 1.74. The summed E-state index contributed by atoms with van der Waals surface area (Å²) in [7, 11) is 1.76. The van der Waals surface area contributed by atoms with E-state index in [9.17, 15) is 18.0 Å². The second-order valence-electron chi connectivity index (χ2n) is 6.04. The van der Waals surface area contributed by atoms with Crippen LogP contribution in [0, 0.1) is 6.92 Å². The number of amides is 1. The number of rotatable bonds is 5. The first-order valence-corrected chi connectivity index (χ1v) is 7.83. The van der Waals surface area contributed by atoms with Crippen molar-refractivity contribution in [3.05, 3.63) is 30.1 Å². The third kappa shape index (κ3) is 4.37. The third-order valence-electron chi connectivity index (χ3n) is 4.24. The molecule has 1 fully saturated rings.